The Morgan fingerprint density at radius 1 is 1.29 bits per heavy atom. The van der Waals surface area contributed by atoms with E-state index in [0.29, 0.717) is 24.1 Å². The second-order valence-corrected chi connectivity index (χ2v) is 7.18. The summed E-state index contributed by atoms with van der Waals surface area (Å²) in [5, 5.41) is 3.21. The Balaban J connectivity index is 1.73. The average molecular weight is 324 g/mol. The van der Waals surface area contributed by atoms with Crippen LogP contribution >= 0.6 is 0 Å². The highest BCUT2D eigenvalue weighted by Crippen LogP contribution is 2.44. The minimum absolute atomic E-state index is 0.0437. The molecular weight excluding hydrogens is 298 g/mol. The van der Waals surface area contributed by atoms with Crippen molar-refractivity contribution in [2.45, 2.75) is 39.2 Å². The fourth-order valence-corrected chi connectivity index (χ4v) is 3.55. The van der Waals surface area contributed by atoms with Crippen LogP contribution in [0.2, 0.25) is 0 Å². The summed E-state index contributed by atoms with van der Waals surface area (Å²) in [6.45, 7) is 7.11. The van der Waals surface area contributed by atoms with Crippen molar-refractivity contribution in [2.75, 3.05) is 13.6 Å². The van der Waals surface area contributed by atoms with Gasteiger partial charge in [-0.1, -0.05) is 49.8 Å². The van der Waals surface area contributed by atoms with Gasteiger partial charge in [-0.15, -0.1) is 0 Å². The van der Waals surface area contributed by atoms with Crippen LogP contribution in [-0.4, -0.2) is 42.2 Å². The van der Waals surface area contributed by atoms with Crippen LogP contribution in [0, 0.1) is 5.92 Å². The van der Waals surface area contributed by atoms with Gasteiger partial charge in [-0.25, -0.2) is 0 Å². The Labute approximate surface area is 144 Å². The number of hydrogen-bond donors (Lipinski definition) is 1. The molecule has 0 saturated heterocycles. The third kappa shape index (κ3) is 3.18. The summed E-state index contributed by atoms with van der Waals surface area (Å²) in [6.07, 6.45) is 2.73. The normalized spacial score (nSPS) is 21.3. The molecule has 3 rings (SSSR count). The second-order valence-electron chi connectivity index (χ2n) is 7.18. The Hall–Kier alpha value is -2.23. The first-order valence-electron chi connectivity index (χ1n) is 8.63. The summed E-state index contributed by atoms with van der Waals surface area (Å²) < 4.78 is 1.92. The summed E-state index contributed by atoms with van der Waals surface area (Å²) in [5.74, 6) is 0.805. The first kappa shape index (κ1) is 16.6. The lowest BCUT2D eigenvalue weighted by Crippen LogP contribution is -2.46. The highest BCUT2D eigenvalue weighted by molar-refractivity contribution is 6.41. The van der Waals surface area contributed by atoms with Gasteiger partial charge >= 0.3 is 0 Å². The SMILES string of the molecule is CC1=C(C(NC(=O)C2=NC=[N+](C)C2)C(C)C)CC1c1ccccc1. The van der Waals surface area contributed by atoms with E-state index >= 15 is 0 Å². The summed E-state index contributed by atoms with van der Waals surface area (Å²) in [4.78, 5) is 16.7. The zero-order valence-electron chi connectivity index (χ0n) is 14.9. The molecule has 24 heavy (non-hydrogen) atoms. The topological polar surface area (TPSA) is 44.5 Å². The lowest BCUT2D eigenvalue weighted by Gasteiger charge is -2.38. The highest BCUT2D eigenvalue weighted by atomic mass is 16.2. The fourth-order valence-electron chi connectivity index (χ4n) is 3.55. The number of benzene rings is 1. The van der Waals surface area contributed by atoms with E-state index < -0.39 is 0 Å². The van der Waals surface area contributed by atoms with Crippen molar-refractivity contribution < 1.29 is 9.37 Å². The maximum atomic E-state index is 12.5. The van der Waals surface area contributed by atoms with Crippen LogP contribution in [-0.2, 0) is 4.79 Å². The lowest BCUT2D eigenvalue weighted by atomic mass is 9.70. The van der Waals surface area contributed by atoms with Crippen molar-refractivity contribution in [1.82, 2.24) is 5.32 Å². The minimum atomic E-state index is -0.0437. The van der Waals surface area contributed by atoms with Gasteiger partial charge < -0.3 is 5.32 Å². The predicted octanol–water partition coefficient (Wildman–Crippen LogP) is 2.76. The molecule has 1 aromatic rings. The van der Waals surface area contributed by atoms with Crippen LogP contribution in [0.1, 0.15) is 38.7 Å². The molecule has 1 aromatic carbocycles. The summed E-state index contributed by atoms with van der Waals surface area (Å²) in [7, 11) is 1.92. The molecule has 1 aliphatic heterocycles. The van der Waals surface area contributed by atoms with Gasteiger partial charge in [-0.05, 0) is 35.4 Å². The fraction of sp³-hybridized carbons (Fsp3) is 0.450. The average Bonchev–Trinajstić information content (AvgIpc) is 3.00. The van der Waals surface area contributed by atoms with E-state index in [4.69, 9.17) is 0 Å². The molecule has 4 heteroatoms. The van der Waals surface area contributed by atoms with Crippen LogP contribution in [0.3, 0.4) is 0 Å². The van der Waals surface area contributed by atoms with E-state index in [0.717, 1.165) is 6.42 Å². The van der Waals surface area contributed by atoms with Crippen molar-refractivity contribution in [2.24, 2.45) is 10.9 Å². The Morgan fingerprint density at radius 3 is 2.54 bits per heavy atom. The van der Waals surface area contributed by atoms with Gasteiger partial charge in [-0.3, -0.25) is 9.37 Å². The lowest BCUT2D eigenvalue weighted by molar-refractivity contribution is -0.473. The number of rotatable bonds is 5. The van der Waals surface area contributed by atoms with Crippen LogP contribution in [0.15, 0.2) is 46.5 Å². The van der Waals surface area contributed by atoms with Crippen LogP contribution < -0.4 is 5.32 Å². The zero-order chi connectivity index (χ0) is 17.3. The monoisotopic (exact) mass is 324 g/mol. The van der Waals surface area contributed by atoms with Gasteiger partial charge in [0.1, 0.15) is 0 Å². The van der Waals surface area contributed by atoms with Crippen LogP contribution in [0.5, 0.6) is 0 Å². The van der Waals surface area contributed by atoms with E-state index in [1.165, 1.54) is 16.7 Å². The standard InChI is InChI=1S/C20H25N3O/c1-13(2)19(22-20(24)18-11-23(4)12-21-18)17-10-16(14(17)3)15-8-6-5-7-9-15/h5-9,12-13,16,19H,10-11H2,1-4H3/p+1. The van der Waals surface area contributed by atoms with E-state index in [2.05, 4.69) is 61.4 Å². The van der Waals surface area contributed by atoms with Crippen molar-refractivity contribution in [3.63, 3.8) is 0 Å². The van der Waals surface area contributed by atoms with Gasteiger partial charge in [0.2, 0.25) is 0 Å². The van der Waals surface area contributed by atoms with Gasteiger partial charge in [0, 0.05) is 5.92 Å². The second kappa shape index (κ2) is 6.71. The van der Waals surface area contributed by atoms with Crippen LogP contribution in [0.4, 0.5) is 0 Å². The number of allylic oxidation sites excluding steroid dienone is 1. The minimum Gasteiger partial charge on any atom is -0.342 e. The molecule has 1 amide bonds. The molecule has 0 bridgehead atoms. The maximum Gasteiger partial charge on any atom is 0.296 e. The number of nitrogens with one attached hydrogen (secondary N) is 1. The van der Waals surface area contributed by atoms with Crippen LogP contribution in [0.25, 0.3) is 0 Å². The molecule has 1 heterocycles. The third-order valence-electron chi connectivity index (χ3n) is 5.06. The summed E-state index contributed by atoms with van der Waals surface area (Å²) >= 11 is 0. The van der Waals surface area contributed by atoms with Crippen molar-refractivity contribution >= 4 is 18.0 Å². The Kier molecular flexibility index (Phi) is 4.65. The molecule has 2 atom stereocenters. The Bertz CT molecular complexity index is 729. The largest absolute Gasteiger partial charge is 0.342 e. The number of carbonyl (C=O) groups is 1. The van der Waals surface area contributed by atoms with E-state index in [1.807, 2.05) is 11.6 Å². The quantitative estimate of drug-likeness (QED) is 0.657. The molecule has 1 N–H and O–H groups in total. The number of hydrogen-bond acceptors (Lipinski definition) is 2. The number of amides is 1. The number of aliphatic imine (C=N–C) groups is 1. The van der Waals surface area contributed by atoms with E-state index in [9.17, 15) is 4.79 Å². The van der Waals surface area contributed by atoms with Gasteiger partial charge in [0.25, 0.3) is 18.0 Å². The maximum absolute atomic E-state index is 12.5. The Morgan fingerprint density at radius 2 is 2.00 bits per heavy atom. The summed E-state index contributed by atoms with van der Waals surface area (Å²) in [5.41, 5.74) is 4.74. The smallest absolute Gasteiger partial charge is 0.296 e. The zero-order valence-corrected chi connectivity index (χ0v) is 14.9. The van der Waals surface area contributed by atoms with Crippen molar-refractivity contribution in [3.05, 3.63) is 47.0 Å². The molecule has 0 aromatic heterocycles. The molecule has 0 spiro atoms. The molecule has 0 fully saturated rings. The molecule has 2 unspecified atom stereocenters. The van der Waals surface area contributed by atoms with E-state index in [-0.39, 0.29) is 11.9 Å². The van der Waals surface area contributed by atoms with Gasteiger partial charge in [-0.2, -0.15) is 0 Å². The first-order chi connectivity index (χ1) is 11.5. The van der Waals surface area contributed by atoms with Gasteiger partial charge in [0.05, 0.1) is 13.1 Å². The van der Waals surface area contributed by atoms with Crippen molar-refractivity contribution in [1.29, 1.82) is 0 Å². The molecule has 4 nitrogen and oxygen atoms in total. The molecule has 1 aliphatic carbocycles. The van der Waals surface area contributed by atoms with Crippen molar-refractivity contribution in [3.8, 4) is 0 Å². The predicted molar refractivity (Wildman–Crippen MR) is 97.8 cm³/mol. The molecule has 0 saturated carbocycles. The number of carbonyl (C=O) groups excluding carboxylic acids is 1. The summed E-state index contributed by atoms with van der Waals surface area (Å²) in [6, 6.07) is 10.7. The molecule has 0 radical (unpaired) electrons. The van der Waals surface area contributed by atoms with E-state index in [1.54, 1.807) is 6.34 Å². The van der Waals surface area contributed by atoms with Gasteiger partial charge in [0.15, 0.2) is 6.54 Å². The molecular formula is C20H26N3O+. The first-order valence-corrected chi connectivity index (χ1v) is 8.63. The third-order valence-corrected chi connectivity index (χ3v) is 5.06. The molecule has 126 valence electrons. The highest BCUT2D eigenvalue weighted by Gasteiger charge is 2.35. The number of nitrogens with zero attached hydrogens (tertiary/aromatic N) is 2. The molecule has 2 aliphatic rings.